The minimum absolute atomic E-state index is 0.143. The van der Waals surface area contributed by atoms with Crippen LogP contribution in [-0.2, 0) is 9.84 Å². The van der Waals surface area contributed by atoms with Crippen LogP contribution in [0.1, 0.15) is 15.4 Å². The number of nitrogens with zero attached hydrogens (tertiary/aromatic N) is 2. The molecule has 0 saturated carbocycles. The van der Waals surface area contributed by atoms with Crippen LogP contribution in [0.3, 0.4) is 0 Å². The van der Waals surface area contributed by atoms with Gasteiger partial charge in [-0.2, -0.15) is 0 Å². The maximum Gasteiger partial charge on any atom is 0.233 e. The molecule has 3 rings (SSSR count). The van der Waals surface area contributed by atoms with Gasteiger partial charge in [0, 0.05) is 5.56 Å². The molecular weight excluding hydrogens is 328 g/mol. The summed E-state index contributed by atoms with van der Waals surface area (Å²) < 4.78 is 34.9. The minimum atomic E-state index is -3.78. The van der Waals surface area contributed by atoms with Gasteiger partial charge in [0.15, 0.2) is 17.3 Å². The van der Waals surface area contributed by atoms with E-state index in [0.717, 1.165) is 11.3 Å². The summed E-state index contributed by atoms with van der Waals surface area (Å²) in [4.78, 5) is 12.2. The van der Waals surface area contributed by atoms with Crippen molar-refractivity contribution < 1.29 is 22.7 Å². The van der Waals surface area contributed by atoms with Crippen LogP contribution >= 0.6 is 11.3 Å². The first-order valence-electron chi connectivity index (χ1n) is 6.41. The molecule has 2 heterocycles. The molecule has 22 heavy (non-hydrogen) atoms. The van der Waals surface area contributed by atoms with Gasteiger partial charge in [0.1, 0.15) is 24.0 Å². The van der Waals surface area contributed by atoms with Gasteiger partial charge >= 0.3 is 0 Å². The summed E-state index contributed by atoms with van der Waals surface area (Å²) in [5.74, 6) is -0.183. The highest BCUT2D eigenvalue weighted by Gasteiger charge is 2.25. The van der Waals surface area contributed by atoms with Crippen molar-refractivity contribution in [1.29, 1.82) is 0 Å². The van der Waals surface area contributed by atoms with Crippen molar-refractivity contribution in [3.63, 3.8) is 0 Å². The van der Waals surface area contributed by atoms with Crippen molar-refractivity contribution in [2.24, 2.45) is 0 Å². The van der Waals surface area contributed by atoms with Crippen LogP contribution in [-0.4, -0.2) is 43.4 Å². The summed E-state index contributed by atoms with van der Waals surface area (Å²) in [7, 11) is -3.78. The molecular formula is C13H12N2O5S2. The Bertz CT molecular complexity index is 829. The van der Waals surface area contributed by atoms with Gasteiger partial charge < -0.3 is 9.47 Å². The average Bonchev–Trinajstić information content (AvgIpc) is 2.94. The number of ether oxygens (including phenoxy) is 2. The monoisotopic (exact) mass is 340 g/mol. The third kappa shape index (κ3) is 2.95. The van der Waals surface area contributed by atoms with Gasteiger partial charge in [-0.15, -0.1) is 10.2 Å². The molecule has 0 saturated heterocycles. The standard InChI is InChI=1S/C13H12N2O5S2/c1-8-14-15-13(21-8)22(17,18)7-10(16)9-2-3-11-12(6-9)20-5-4-19-11/h2-3,6H,4-5,7H2,1H3. The van der Waals surface area contributed by atoms with E-state index in [2.05, 4.69) is 10.2 Å². The molecule has 9 heteroatoms. The highest BCUT2D eigenvalue weighted by Crippen LogP contribution is 2.31. The lowest BCUT2D eigenvalue weighted by molar-refractivity contribution is 0.101. The third-order valence-corrected chi connectivity index (χ3v) is 5.86. The lowest BCUT2D eigenvalue weighted by atomic mass is 10.1. The maximum atomic E-state index is 12.2. The summed E-state index contributed by atoms with van der Waals surface area (Å²) in [6.07, 6.45) is 0. The second-order valence-corrected chi connectivity index (χ2v) is 7.97. The van der Waals surface area contributed by atoms with Crippen molar-refractivity contribution >= 4 is 27.0 Å². The second-order valence-electron chi connectivity index (χ2n) is 4.63. The highest BCUT2D eigenvalue weighted by atomic mass is 32.2. The summed E-state index contributed by atoms with van der Waals surface area (Å²) in [6, 6.07) is 4.62. The van der Waals surface area contributed by atoms with E-state index in [1.165, 1.54) is 12.1 Å². The summed E-state index contributed by atoms with van der Waals surface area (Å²) in [6.45, 7) is 2.50. The Labute approximate surface area is 130 Å². The van der Waals surface area contributed by atoms with E-state index in [0.29, 0.717) is 29.7 Å². The van der Waals surface area contributed by atoms with E-state index < -0.39 is 21.4 Å². The summed E-state index contributed by atoms with van der Waals surface area (Å²) in [5, 5.41) is 7.78. The molecule has 0 bridgehead atoms. The zero-order valence-corrected chi connectivity index (χ0v) is 13.2. The Hall–Kier alpha value is -2.00. The van der Waals surface area contributed by atoms with Gasteiger partial charge in [-0.05, 0) is 25.1 Å². The lowest BCUT2D eigenvalue weighted by Crippen LogP contribution is -2.18. The SMILES string of the molecule is Cc1nnc(S(=O)(=O)CC(=O)c2ccc3c(c2)OCCO3)s1. The molecule has 0 fully saturated rings. The molecule has 116 valence electrons. The molecule has 0 radical (unpaired) electrons. The first kappa shape index (κ1) is 14.9. The van der Waals surface area contributed by atoms with Gasteiger partial charge in [0.2, 0.25) is 14.2 Å². The zero-order chi connectivity index (χ0) is 15.7. The van der Waals surface area contributed by atoms with E-state index in [1.807, 2.05) is 0 Å². The molecule has 7 nitrogen and oxygen atoms in total. The van der Waals surface area contributed by atoms with Gasteiger partial charge in [0.25, 0.3) is 0 Å². The van der Waals surface area contributed by atoms with Crippen LogP contribution < -0.4 is 9.47 Å². The first-order chi connectivity index (χ1) is 10.5. The van der Waals surface area contributed by atoms with Crippen LogP contribution in [0.15, 0.2) is 22.5 Å². The van der Waals surface area contributed by atoms with Crippen LogP contribution in [0, 0.1) is 6.92 Å². The van der Waals surface area contributed by atoms with Crippen molar-refractivity contribution in [3.05, 3.63) is 28.8 Å². The minimum Gasteiger partial charge on any atom is -0.486 e. The van der Waals surface area contributed by atoms with E-state index >= 15 is 0 Å². The predicted molar refractivity (Wildman–Crippen MR) is 78.5 cm³/mol. The number of rotatable bonds is 4. The molecule has 1 aromatic heterocycles. The van der Waals surface area contributed by atoms with E-state index in [-0.39, 0.29) is 9.90 Å². The fraction of sp³-hybridized carbons (Fsp3) is 0.308. The number of aryl methyl sites for hydroxylation is 1. The van der Waals surface area contributed by atoms with Gasteiger partial charge in [-0.1, -0.05) is 11.3 Å². The van der Waals surface area contributed by atoms with Crippen molar-refractivity contribution in [1.82, 2.24) is 10.2 Å². The van der Waals surface area contributed by atoms with Gasteiger partial charge in [-0.25, -0.2) is 8.42 Å². The van der Waals surface area contributed by atoms with Gasteiger partial charge in [-0.3, -0.25) is 4.79 Å². The topological polar surface area (TPSA) is 95.5 Å². The van der Waals surface area contributed by atoms with Crippen LogP contribution in [0.2, 0.25) is 0 Å². The van der Waals surface area contributed by atoms with E-state index in [1.54, 1.807) is 13.0 Å². The number of Topliss-reactive ketones (excluding diaryl/α,β-unsaturated/α-hetero) is 1. The number of fused-ring (bicyclic) bond motifs is 1. The fourth-order valence-electron chi connectivity index (χ4n) is 1.94. The molecule has 0 aliphatic carbocycles. The molecule has 1 aliphatic heterocycles. The Balaban J connectivity index is 1.82. The number of aromatic nitrogens is 2. The Kier molecular flexibility index (Phi) is 3.83. The Morgan fingerprint density at radius 2 is 1.95 bits per heavy atom. The van der Waals surface area contributed by atoms with Crippen molar-refractivity contribution in [2.75, 3.05) is 19.0 Å². The third-order valence-electron chi connectivity index (χ3n) is 2.96. The fourth-order valence-corrected chi connectivity index (χ4v) is 4.20. The largest absolute Gasteiger partial charge is 0.486 e. The van der Waals surface area contributed by atoms with Crippen molar-refractivity contribution in [2.45, 2.75) is 11.3 Å². The zero-order valence-electron chi connectivity index (χ0n) is 11.6. The molecule has 0 atom stereocenters. The molecule has 1 aliphatic rings. The van der Waals surface area contributed by atoms with E-state index in [9.17, 15) is 13.2 Å². The van der Waals surface area contributed by atoms with E-state index in [4.69, 9.17) is 9.47 Å². The highest BCUT2D eigenvalue weighted by molar-refractivity contribution is 7.94. The normalized spacial score (nSPS) is 13.9. The number of hydrogen-bond donors (Lipinski definition) is 0. The average molecular weight is 340 g/mol. The molecule has 0 spiro atoms. The maximum absolute atomic E-state index is 12.2. The molecule has 2 aromatic rings. The smallest absolute Gasteiger partial charge is 0.233 e. The molecule has 0 unspecified atom stereocenters. The summed E-state index contributed by atoms with van der Waals surface area (Å²) in [5.41, 5.74) is 0.258. The predicted octanol–water partition coefficient (Wildman–Crippen LogP) is 1.27. The van der Waals surface area contributed by atoms with Crippen LogP contribution in [0.4, 0.5) is 0 Å². The second kappa shape index (κ2) is 5.65. The number of ketones is 1. The van der Waals surface area contributed by atoms with Crippen LogP contribution in [0.25, 0.3) is 0 Å². The molecule has 1 aromatic carbocycles. The Morgan fingerprint density at radius 3 is 2.64 bits per heavy atom. The van der Waals surface area contributed by atoms with Gasteiger partial charge in [0.05, 0.1) is 0 Å². The summed E-state index contributed by atoms with van der Waals surface area (Å²) >= 11 is 0.948. The Morgan fingerprint density at radius 1 is 1.23 bits per heavy atom. The molecule has 0 amide bonds. The van der Waals surface area contributed by atoms with Crippen molar-refractivity contribution in [3.8, 4) is 11.5 Å². The lowest BCUT2D eigenvalue weighted by Gasteiger charge is -2.18. The number of sulfone groups is 1. The number of benzene rings is 1. The number of hydrogen-bond acceptors (Lipinski definition) is 8. The number of carbonyl (C=O) groups is 1. The molecule has 0 N–H and O–H groups in total. The quantitative estimate of drug-likeness (QED) is 0.773. The first-order valence-corrected chi connectivity index (χ1v) is 8.88. The number of carbonyl (C=O) groups excluding carboxylic acids is 1. The van der Waals surface area contributed by atoms with Crippen LogP contribution in [0.5, 0.6) is 11.5 Å².